The number of aromatic nitrogens is 3. The van der Waals surface area contributed by atoms with Crippen LogP contribution in [0.25, 0.3) is 0 Å². The van der Waals surface area contributed by atoms with Gasteiger partial charge in [-0.1, -0.05) is 48.2 Å². The van der Waals surface area contributed by atoms with Crippen LogP contribution >= 0.6 is 11.8 Å². The number of hydrogen-bond donors (Lipinski definition) is 1. The molecule has 0 aliphatic heterocycles. The van der Waals surface area contributed by atoms with Gasteiger partial charge < -0.3 is 19.2 Å². The van der Waals surface area contributed by atoms with Gasteiger partial charge in [0.2, 0.25) is 5.91 Å². The third-order valence-electron chi connectivity index (χ3n) is 4.76. The number of thioether (sulfide) groups is 1. The maximum Gasteiger partial charge on any atom is 0.230 e. The van der Waals surface area contributed by atoms with Crippen molar-refractivity contribution in [3.05, 3.63) is 90.1 Å². The number of nitrogens with one attached hydrogen (secondary N) is 1. The van der Waals surface area contributed by atoms with E-state index in [9.17, 15) is 4.79 Å². The summed E-state index contributed by atoms with van der Waals surface area (Å²) in [5.74, 6) is 2.87. The number of benzene rings is 2. The molecular formula is C24H24N4O4S. The van der Waals surface area contributed by atoms with Gasteiger partial charge in [-0.2, -0.15) is 0 Å². The number of methoxy groups -OCH3 is 1. The van der Waals surface area contributed by atoms with Crippen molar-refractivity contribution in [1.29, 1.82) is 0 Å². The third kappa shape index (κ3) is 6.39. The van der Waals surface area contributed by atoms with Crippen molar-refractivity contribution in [2.75, 3.05) is 12.9 Å². The fraction of sp³-hybridized carbons (Fsp3) is 0.208. The number of carbonyl (C=O) groups excluding carboxylic acids is 1. The van der Waals surface area contributed by atoms with Crippen molar-refractivity contribution >= 4 is 17.7 Å². The van der Waals surface area contributed by atoms with Crippen LogP contribution in [0.4, 0.5) is 0 Å². The van der Waals surface area contributed by atoms with Crippen molar-refractivity contribution in [3.8, 4) is 11.5 Å². The Bertz CT molecular complexity index is 1160. The lowest BCUT2D eigenvalue weighted by Crippen LogP contribution is -2.24. The summed E-state index contributed by atoms with van der Waals surface area (Å²) in [6, 6.07) is 21.0. The van der Waals surface area contributed by atoms with E-state index in [1.165, 1.54) is 11.8 Å². The zero-order valence-electron chi connectivity index (χ0n) is 18.1. The van der Waals surface area contributed by atoms with Gasteiger partial charge in [0.05, 0.1) is 32.2 Å². The molecular weight excluding hydrogens is 440 g/mol. The molecule has 170 valence electrons. The van der Waals surface area contributed by atoms with Gasteiger partial charge in [-0.25, -0.2) is 0 Å². The molecule has 0 aliphatic rings. The number of ether oxygens (including phenoxy) is 2. The summed E-state index contributed by atoms with van der Waals surface area (Å²) in [4.78, 5) is 12.3. The van der Waals surface area contributed by atoms with Crippen molar-refractivity contribution in [2.45, 2.75) is 24.9 Å². The van der Waals surface area contributed by atoms with Crippen molar-refractivity contribution in [2.24, 2.45) is 0 Å². The van der Waals surface area contributed by atoms with Gasteiger partial charge in [0.1, 0.15) is 23.9 Å². The van der Waals surface area contributed by atoms with E-state index < -0.39 is 0 Å². The molecule has 0 unspecified atom stereocenters. The van der Waals surface area contributed by atoms with Crippen LogP contribution in [0.5, 0.6) is 11.5 Å². The highest BCUT2D eigenvalue weighted by Crippen LogP contribution is 2.22. The maximum absolute atomic E-state index is 12.3. The average molecular weight is 465 g/mol. The van der Waals surface area contributed by atoms with Gasteiger partial charge in [-0.15, -0.1) is 10.2 Å². The maximum atomic E-state index is 12.3. The summed E-state index contributed by atoms with van der Waals surface area (Å²) in [6.45, 7) is 1.15. The van der Waals surface area contributed by atoms with Crippen molar-refractivity contribution in [3.63, 3.8) is 0 Å². The molecule has 0 saturated heterocycles. The highest BCUT2D eigenvalue weighted by molar-refractivity contribution is 7.99. The molecule has 1 N–H and O–H groups in total. The molecule has 0 atom stereocenters. The first-order valence-electron chi connectivity index (χ1n) is 10.4. The summed E-state index contributed by atoms with van der Waals surface area (Å²) in [5, 5.41) is 12.1. The second kappa shape index (κ2) is 11.2. The number of amides is 1. The number of rotatable bonds is 11. The predicted octanol–water partition coefficient (Wildman–Crippen LogP) is 3.92. The lowest BCUT2D eigenvalue weighted by atomic mass is 10.2. The van der Waals surface area contributed by atoms with E-state index in [1.807, 2.05) is 65.2 Å². The van der Waals surface area contributed by atoms with Crippen molar-refractivity contribution < 1.29 is 18.7 Å². The summed E-state index contributed by atoms with van der Waals surface area (Å²) in [7, 11) is 1.61. The molecule has 9 heteroatoms. The van der Waals surface area contributed by atoms with Gasteiger partial charge >= 0.3 is 0 Å². The normalized spacial score (nSPS) is 10.7. The number of nitrogens with zero attached hydrogens (tertiary/aromatic N) is 3. The van der Waals surface area contributed by atoms with E-state index in [4.69, 9.17) is 13.9 Å². The minimum atomic E-state index is -0.111. The first-order chi connectivity index (χ1) is 16.2. The summed E-state index contributed by atoms with van der Waals surface area (Å²) < 4.78 is 18.4. The van der Waals surface area contributed by atoms with Gasteiger partial charge in [0.25, 0.3) is 0 Å². The highest BCUT2D eigenvalue weighted by Gasteiger charge is 2.16. The fourth-order valence-electron chi connectivity index (χ4n) is 3.08. The Kier molecular flexibility index (Phi) is 7.65. The highest BCUT2D eigenvalue weighted by atomic mass is 32.2. The summed E-state index contributed by atoms with van der Waals surface area (Å²) in [6.07, 6.45) is 1.58. The monoisotopic (exact) mass is 464 g/mol. The SMILES string of the molecule is COc1cccc(OCc2nnc(SCC(=O)NCc3ccco3)n2Cc2ccccc2)c1. The van der Waals surface area contributed by atoms with E-state index >= 15 is 0 Å². The minimum absolute atomic E-state index is 0.111. The van der Waals surface area contributed by atoms with Gasteiger partial charge in [0, 0.05) is 6.07 Å². The largest absolute Gasteiger partial charge is 0.497 e. The van der Waals surface area contributed by atoms with Gasteiger partial charge in [0.15, 0.2) is 11.0 Å². The molecule has 0 spiro atoms. The lowest BCUT2D eigenvalue weighted by molar-refractivity contribution is -0.118. The topological polar surface area (TPSA) is 91.4 Å². The van der Waals surface area contributed by atoms with Crippen LogP contribution in [-0.2, 0) is 24.5 Å². The molecule has 2 aromatic carbocycles. The van der Waals surface area contributed by atoms with E-state index in [0.29, 0.717) is 35.6 Å². The second-order valence-corrected chi connectivity index (χ2v) is 8.03. The van der Waals surface area contributed by atoms with Crippen LogP contribution in [0, 0.1) is 0 Å². The fourth-order valence-corrected chi connectivity index (χ4v) is 3.86. The number of hydrogen-bond acceptors (Lipinski definition) is 7. The Labute approximate surface area is 195 Å². The van der Waals surface area contributed by atoms with E-state index in [2.05, 4.69) is 15.5 Å². The zero-order valence-corrected chi connectivity index (χ0v) is 19.0. The average Bonchev–Trinajstić information content (AvgIpc) is 3.51. The van der Waals surface area contributed by atoms with E-state index in [1.54, 1.807) is 19.4 Å². The third-order valence-corrected chi connectivity index (χ3v) is 5.73. The molecule has 0 bridgehead atoms. The van der Waals surface area contributed by atoms with Crippen LogP contribution in [0.2, 0.25) is 0 Å². The molecule has 0 radical (unpaired) electrons. The Morgan fingerprint density at radius 3 is 2.70 bits per heavy atom. The predicted molar refractivity (Wildman–Crippen MR) is 124 cm³/mol. The standard InChI is InChI=1S/C24H24N4O4S/c1-30-19-9-5-10-20(13-19)32-16-22-26-27-24(28(22)15-18-7-3-2-4-8-18)33-17-23(29)25-14-21-11-6-12-31-21/h2-13H,14-17H2,1H3,(H,25,29). The molecule has 2 aromatic heterocycles. The molecule has 4 aromatic rings. The second-order valence-electron chi connectivity index (χ2n) is 7.08. The van der Waals surface area contributed by atoms with Crippen LogP contribution < -0.4 is 14.8 Å². The quantitative estimate of drug-likeness (QED) is 0.337. The van der Waals surface area contributed by atoms with Gasteiger partial charge in [-0.05, 0) is 29.8 Å². The Morgan fingerprint density at radius 2 is 1.91 bits per heavy atom. The van der Waals surface area contributed by atoms with Gasteiger partial charge in [-0.3, -0.25) is 9.36 Å². The molecule has 33 heavy (non-hydrogen) atoms. The molecule has 2 heterocycles. The number of carbonyl (C=O) groups is 1. The molecule has 0 fully saturated rings. The first kappa shape index (κ1) is 22.5. The summed E-state index contributed by atoms with van der Waals surface area (Å²) >= 11 is 1.33. The van der Waals surface area contributed by atoms with E-state index in [0.717, 1.165) is 11.3 Å². The van der Waals surface area contributed by atoms with Crippen LogP contribution in [0.15, 0.2) is 82.6 Å². The molecule has 8 nitrogen and oxygen atoms in total. The lowest BCUT2D eigenvalue weighted by Gasteiger charge is -2.12. The molecule has 0 saturated carbocycles. The Morgan fingerprint density at radius 1 is 1.06 bits per heavy atom. The summed E-state index contributed by atoms with van der Waals surface area (Å²) in [5.41, 5.74) is 1.10. The minimum Gasteiger partial charge on any atom is -0.497 e. The van der Waals surface area contributed by atoms with E-state index in [-0.39, 0.29) is 18.3 Å². The molecule has 1 amide bonds. The number of furan rings is 1. The smallest absolute Gasteiger partial charge is 0.230 e. The first-order valence-corrected chi connectivity index (χ1v) is 11.3. The zero-order chi connectivity index (χ0) is 22.9. The van der Waals surface area contributed by atoms with Crippen LogP contribution in [0.1, 0.15) is 17.1 Å². The van der Waals surface area contributed by atoms with Crippen LogP contribution in [0.3, 0.4) is 0 Å². The Hall–Kier alpha value is -3.72. The van der Waals surface area contributed by atoms with Crippen LogP contribution in [-0.4, -0.2) is 33.5 Å². The molecule has 0 aliphatic carbocycles. The van der Waals surface area contributed by atoms with Crippen molar-refractivity contribution in [1.82, 2.24) is 20.1 Å². The molecule has 4 rings (SSSR count). The Balaban J connectivity index is 1.43.